The minimum absolute atomic E-state index is 0.208. The van der Waals surface area contributed by atoms with Crippen LogP contribution in [0.4, 0.5) is 4.39 Å². The third kappa shape index (κ3) is 4.11. The lowest BCUT2D eigenvalue weighted by atomic mass is 10.0. The Morgan fingerprint density at radius 3 is 2.81 bits per heavy atom. The van der Waals surface area contributed by atoms with E-state index in [0.29, 0.717) is 11.1 Å². The molecular weight excluding hydrogens is 225 g/mol. The molecule has 3 heteroatoms. The molecule has 0 aliphatic heterocycles. The van der Waals surface area contributed by atoms with Gasteiger partial charge in [-0.15, -0.1) is 0 Å². The molecule has 1 nitrogen and oxygen atoms in total. The van der Waals surface area contributed by atoms with Crippen molar-refractivity contribution in [2.75, 3.05) is 7.05 Å². The zero-order valence-corrected chi connectivity index (χ0v) is 10.6. The van der Waals surface area contributed by atoms with E-state index in [9.17, 15) is 4.39 Å². The summed E-state index contributed by atoms with van der Waals surface area (Å²) >= 11 is 6.00. The molecule has 16 heavy (non-hydrogen) atoms. The van der Waals surface area contributed by atoms with Gasteiger partial charge in [-0.1, -0.05) is 18.5 Å². The van der Waals surface area contributed by atoms with Gasteiger partial charge in [-0.3, -0.25) is 0 Å². The lowest BCUT2D eigenvalue weighted by Crippen LogP contribution is -2.23. The number of nitrogens with one attached hydrogen (secondary N) is 1. The standard InChI is InChI=1S/C13H19ClFN/c1-3-12(16-2)6-4-5-10-9-11(15)7-8-13(10)14/h7-9,12,16H,3-6H2,1-2H3. The van der Waals surface area contributed by atoms with Crippen molar-refractivity contribution in [2.45, 2.75) is 38.6 Å². The molecule has 0 aliphatic rings. The number of hydrogen-bond acceptors (Lipinski definition) is 1. The van der Waals surface area contributed by atoms with Crippen LogP contribution < -0.4 is 5.32 Å². The maximum atomic E-state index is 13.0. The molecule has 0 aliphatic carbocycles. The van der Waals surface area contributed by atoms with Crippen LogP contribution in [0.1, 0.15) is 31.7 Å². The molecule has 1 atom stereocenters. The average Bonchev–Trinajstić information content (AvgIpc) is 2.29. The molecule has 0 bridgehead atoms. The van der Waals surface area contributed by atoms with Gasteiger partial charge in [0.25, 0.3) is 0 Å². The first-order valence-electron chi connectivity index (χ1n) is 5.78. The van der Waals surface area contributed by atoms with Gasteiger partial charge in [0, 0.05) is 11.1 Å². The topological polar surface area (TPSA) is 12.0 Å². The van der Waals surface area contributed by atoms with E-state index in [1.165, 1.54) is 12.1 Å². The summed E-state index contributed by atoms with van der Waals surface area (Å²) in [6.45, 7) is 2.16. The molecule has 1 aromatic carbocycles. The number of rotatable bonds is 6. The van der Waals surface area contributed by atoms with Crippen molar-refractivity contribution < 1.29 is 4.39 Å². The first-order valence-corrected chi connectivity index (χ1v) is 6.16. The fourth-order valence-electron chi connectivity index (χ4n) is 1.83. The van der Waals surface area contributed by atoms with E-state index in [1.54, 1.807) is 6.07 Å². The summed E-state index contributed by atoms with van der Waals surface area (Å²) in [4.78, 5) is 0. The molecule has 0 heterocycles. The fraction of sp³-hybridized carbons (Fsp3) is 0.538. The van der Waals surface area contributed by atoms with Gasteiger partial charge >= 0.3 is 0 Å². The highest BCUT2D eigenvalue weighted by atomic mass is 35.5. The Bertz CT molecular complexity index is 324. The molecule has 0 fully saturated rings. The fourth-order valence-corrected chi connectivity index (χ4v) is 2.04. The first kappa shape index (κ1) is 13.5. The largest absolute Gasteiger partial charge is 0.317 e. The van der Waals surface area contributed by atoms with Crippen LogP contribution in [0.5, 0.6) is 0 Å². The van der Waals surface area contributed by atoms with Crippen LogP contribution >= 0.6 is 11.6 Å². The van der Waals surface area contributed by atoms with Gasteiger partial charge in [0.2, 0.25) is 0 Å². The maximum Gasteiger partial charge on any atom is 0.123 e. The molecule has 1 aromatic rings. The number of benzene rings is 1. The van der Waals surface area contributed by atoms with Crippen molar-refractivity contribution in [3.8, 4) is 0 Å². The molecule has 1 unspecified atom stereocenters. The maximum absolute atomic E-state index is 13.0. The number of hydrogen-bond donors (Lipinski definition) is 1. The summed E-state index contributed by atoms with van der Waals surface area (Å²) in [5.41, 5.74) is 0.910. The highest BCUT2D eigenvalue weighted by molar-refractivity contribution is 6.31. The van der Waals surface area contributed by atoms with Crippen LogP contribution in [0.25, 0.3) is 0 Å². The van der Waals surface area contributed by atoms with Gasteiger partial charge in [-0.2, -0.15) is 0 Å². The van der Waals surface area contributed by atoms with Crippen molar-refractivity contribution in [1.82, 2.24) is 5.32 Å². The molecule has 0 radical (unpaired) electrons. The van der Waals surface area contributed by atoms with Crippen LogP contribution in [0.15, 0.2) is 18.2 Å². The van der Waals surface area contributed by atoms with Gasteiger partial charge in [0.15, 0.2) is 0 Å². The third-order valence-electron chi connectivity index (χ3n) is 2.91. The van der Waals surface area contributed by atoms with Crippen molar-refractivity contribution >= 4 is 11.6 Å². The lowest BCUT2D eigenvalue weighted by molar-refractivity contribution is 0.491. The van der Waals surface area contributed by atoms with Crippen LogP contribution in [0.3, 0.4) is 0 Å². The van der Waals surface area contributed by atoms with Gasteiger partial charge in [0.05, 0.1) is 0 Å². The predicted molar refractivity (Wildman–Crippen MR) is 67.5 cm³/mol. The highest BCUT2D eigenvalue weighted by Gasteiger charge is 2.05. The van der Waals surface area contributed by atoms with Crippen molar-refractivity contribution in [3.63, 3.8) is 0 Å². The second-order valence-corrected chi connectivity index (χ2v) is 4.43. The first-order chi connectivity index (χ1) is 7.67. The Labute approximate surface area is 102 Å². The number of halogens is 2. The molecule has 0 amide bonds. The van der Waals surface area contributed by atoms with E-state index >= 15 is 0 Å². The highest BCUT2D eigenvalue weighted by Crippen LogP contribution is 2.19. The zero-order chi connectivity index (χ0) is 12.0. The quantitative estimate of drug-likeness (QED) is 0.802. The Morgan fingerprint density at radius 1 is 1.44 bits per heavy atom. The van der Waals surface area contributed by atoms with Gasteiger partial charge in [-0.05, 0) is 56.5 Å². The third-order valence-corrected chi connectivity index (χ3v) is 3.28. The Morgan fingerprint density at radius 2 is 2.19 bits per heavy atom. The van der Waals surface area contributed by atoms with E-state index in [0.717, 1.165) is 31.2 Å². The molecule has 1 rings (SSSR count). The summed E-state index contributed by atoms with van der Waals surface area (Å²) < 4.78 is 13.0. The average molecular weight is 244 g/mol. The summed E-state index contributed by atoms with van der Waals surface area (Å²) in [7, 11) is 1.98. The zero-order valence-electron chi connectivity index (χ0n) is 9.89. The molecular formula is C13H19ClFN. The number of aryl methyl sites for hydroxylation is 1. The summed E-state index contributed by atoms with van der Waals surface area (Å²) in [5.74, 6) is -0.208. The second-order valence-electron chi connectivity index (χ2n) is 4.02. The van der Waals surface area contributed by atoms with E-state index < -0.39 is 0 Å². The molecule has 0 spiro atoms. The summed E-state index contributed by atoms with van der Waals surface area (Å²) in [6, 6.07) is 5.10. The predicted octanol–water partition coefficient (Wildman–Crippen LogP) is 3.80. The van der Waals surface area contributed by atoms with E-state index in [-0.39, 0.29) is 5.82 Å². The van der Waals surface area contributed by atoms with E-state index in [4.69, 9.17) is 11.6 Å². The van der Waals surface area contributed by atoms with Crippen molar-refractivity contribution in [3.05, 3.63) is 34.6 Å². The Kier molecular flexibility index (Phi) is 5.78. The van der Waals surface area contributed by atoms with Crippen molar-refractivity contribution in [2.24, 2.45) is 0 Å². The Balaban J connectivity index is 2.45. The molecule has 90 valence electrons. The molecule has 0 saturated heterocycles. The normalized spacial score (nSPS) is 12.8. The summed E-state index contributed by atoms with van der Waals surface area (Å²) in [6.07, 6.45) is 4.09. The van der Waals surface area contributed by atoms with Crippen LogP contribution in [0.2, 0.25) is 5.02 Å². The SMILES string of the molecule is CCC(CCCc1cc(F)ccc1Cl)NC. The second kappa shape index (κ2) is 6.87. The van der Waals surface area contributed by atoms with Crippen LogP contribution in [-0.4, -0.2) is 13.1 Å². The molecule has 0 aromatic heterocycles. The van der Waals surface area contributed by atoms with Gasteiger partial charge in [0.1, 0.15) is 5.82 Å². The smallest absolute Gasteiger partial charge is 0.123 e. The minimum atomic E-state index is -0.208. The van der Waals surface area contributed by atoms with Gasteiger partial charge in [-0.25, -0.2) is 4.39 Å². The minimum Gasteiger partial charge on any atom is -0.317 e. The van der Waals surface area contributed by atoms with Crippen molar-refractivity contribution in [1.29, 1.82) is 0 Å². The molecule has 0 saturated carbocycles. The van der Waals surface area contributed by atoms with Crippen LogP contribution in [0, 0.1) is 5.82 Å². The summed E-state index contributed by atoms with van der Waals surface area (Å²) in [5, 5.41) is 3.92. The van der Waals surface area contributed by atoms with E-state index in [2.05, 4.69) is 12.2 Å². The molecule has 1 N–H and O–H groups in total. The van der Waals surface area contributed by atoms with Gasteiger partial charge < -0.3 is 5.32 Å². The van der Waals surface area contributed by atoms with E-state index in [1.807, 2.05) is 7.05 Å². The van der Waals surface area contributed by atoms with Crippen LogP contribution in [-0.2, 0) is 6.42 Å². The monoisotopic (exact) mass is 243 g/mol. The lowest BCUT2D eigenvalue weighted by Gasteiger charge is -2.13. The Hall–Kier alpha value is -0.600.